The van der Waals surface area contributed by atoms with Crippen molar-refractivity contribution in [1.82, 2.24) is 4.98 Å². The third-order valence-corrected chi connectivity index (χ3v) is 5.68. The second-order valence-corrected chi connectivity index (χ2v) is 7.67. The summed E-state index contributed by atoms with van der Waals surface area (Å²) in [7, 11) is 1.58. The highest BCUT2D eigenvalue weighted by Crippen LogP contribution is 2.42. The smallest absolute Gasteiger partial charge is 0.258 e. The van der Waals surface area contributed by atoms with Crippen molar-refractivity contribution in [1.29, 1.82) is 0 Å². The maximum atomic E-state index is 13.5. The lowest BCUT2D eigenvalue weighted by Gasteiger charge is -2.43. The molecule has 3 aromatic rings. The van der Waals surface area contributed by atoms with Gasteiger partial charge in [-0.15, -0.1) is 0 Å². The minimum Gasteiger partial charge on any atom is -0.497 e. The minimum absolute atomic E-state index is 0.0428. The predicted octanol–water partition coefficient (Wildman–Crippen LogP) is 4.62. The molecule has 0 saturated heterocycles. The first-order chi connectivity index (χ1) is 15.0. The van der Waals surface area contributed by atoms with Gasteiger partial charge in [0.1, 0.15) is 5.75 Å². The highest BCUT2D eigenvalue weighted by molar-refractivity contribution is 6.07. The van der Waals surface area contributed by atoms with Gasteiger partial charge in [0, 0.05) is 36.0 Å². The number of amides is 2. The molecule has 0 fully saturated rings. The van der Waals surface area contributed by atoms with E-state index in [1.807, 2.05) is 54.3 Å². The van der Waals surface area contributed by atoms with E-state index in [2.05, 4.69) is 4.98 Å². The monoisotopic (exact) mass is 415 g/mol. The molecule has 1 aliphatic rings. The van der Waals surface area contributed by atoms with E-state index in [9.17, 15) is 9.59 Å². The van der Waals surface area contributed by atoms with Crippen LogP contribution < -0.4 is 14.5 Å². The second-order valence-electron chi connectivity index (χ2n) is 7.67. The van der Waals surface area contributed by atoms with Crippen LogP contribution in [0.25, 0.3) is 0 Å². The first kappa shape index (κ1) is 20.6. The molecule has 2 amide bonds. The number of methoxy groups -OCH3 is 1. The van der Waals surface area contributed by atoms with Crippen molar-refractivity contribution in [3.8, 4) is 5.75 Å². The van der Waals surface area contributed by atoms with Crippen molar-refractivity contribution in [2.45, 2.75) is 32.4 Å². The van der Waals surface area contributed by atoms with Gasteiger partial charge in [0.05, 0.1) is 25.0 Å². The van der Waals surface area contributed by atoms with E-state index in [0.717, 1.165) is 16.9 Å². The van der Waals surface area contributed by atoms with E-state index in [1.54, 1.807) is 49.5 Å². The van der Waals surface area contributed by atoms with Crippen LogP contribution in [-0.4, -0.2) is 29.9 Å². The van der Waals surface area contributed by atoms with Crippen molar-refractivity contribution in [2.24, 2.45) is 0 Å². The summed E-state index contributed by atoms with van der Waals surface area (Å²) in [5, 5.41) is 0. The van der Waals surface area contributed by atoms with E-state index in [-0.39, 0.29) is 23.9 Å². The molecule has 31 heavy (non-hydrogen) atoms. The van der Waals surface area contributed by atoms with Crippen molar-refractivity contribution in [3.63, 3.8) is 0 Å². The molecule has 0 spiro atoms. The predicted molar refractivity (Wildman–Crippen MR) is 120 cm³/mol. The molecule has 4 rings (SSSR count). The number of ether oxygens (including phenoxy) is 1. The molecule has 1 aliphatic heterocycles. The number of rotatable bonds is 4. The van der Waals surface area contributed by atoms with Gasteiger partial charge in [-0.1, -0.05) is 24.3 Å². The largest absolute Gasteiger partial charge is 0.497 e. The Morgan fingerprint density at radius 2 is 1.87 bits per heavy atom. The van der Waals surface area contributed by atoms with E-state index in [1.165, 1.54) is 0 Å². The van der Waals surface area contributed by atoms with Gasteiger partial charge < -0.3 is 14.5 Å². The van der Waals surface area contributed by atoms with Gasteiger partial charge in [-0.3, -0.25) is 14.6 Å². The number of fused-ring (bicyclic) bond motifs is 1. The molecule has 2 heterocycles. The second kappa shape index (κ2) is 8.60. The van der Waals surface area contributed by atoms with E-state index in [4.69, 9.17) is 4.74 Å². The van der Waals surface area contributed by atoms with Gasteiger partial charge in [-0.2, -0.15) is 0 Å². The Hall–Kier alpha value is -3.67. The highest BCUT2D eigenvalue weighted by atomic mass is 16.5. The lowest BCUT2D eigenvalue weighted by atomic mass is 9.90. The zero-order chi connectivity index (χ0) is 22.0. The number of carbonyl (C=O) groups excluding carboxylic acids is 2. The van der Waals surface area contributed by atoms with Crippen LogP contribution in [0, 0.1) is 0 Å². The third-order valence-electron chi connectivity index (χ3n) is 5.68. The Labute approximate surface area is 182 Å². The summed E-state index contributed by atoms with van der Waals surface area (Å²) >= 11 is 0. The van der Waals surface area contributed by atoms with Crippen LogP contribution in [0.5, 0.6) is 5.75 Å². The van der Waals surface area contributed by atoms with Crippen LogP contribution in [0.4, 0.5) is 11.4 Å². The van der Waals surface area contributed by atoms with Crippen LogP contribution in [0.2, 0.25) is 0 Å². The SMILES string of the molecule is COc1cccc(C(=O)N2c3cnccc3C(N(C(C)=O)c3ccccc3)CC2C)c1. The molecule has 158 valence electrons. The van der Waals surface area contributed by atoms with Crippen molar-refractivity contribution in [2.75, 3.05) is 16.9 Å². The Balaban J connectivity index is 1.77. The van der Waals surface area contributed by atoms with Gasteiger partial charge >= 0.3 is 0 Å². The Bertz CT molecular complexity index is 1100. The first-order valence-electron chi connectivity index (χ1n) is 10.3. The molecule has 0 aliphatic carbocycles. The quantitative estimate of drug-likeness (QED) is 0.624. The van der Waals surface area contributed by atoms with Gasteiger partial charge in [-0.05, 0) is 49.7 Å². The summed E-state index contributed by atoms with van der Waals surface area (Å²) in [4.78, 5) is 34.0. The summed E-state index contributed by atoms with van der Waals surface area (Å²) in [5.41, 5.74) is 3.01. The molecular weight excluding hydrogens is 390 g/mol. The number of nitrogens with zero attached hydrogens (tertiary/aromatic N) is 3. The van der Waals surface area contributed by atoms with E-state index in [0.29, 0.717) is 17.7 Å². The summed E-state index contributed by atoms with van der Waals surface area (Å²) < 4.78 is 5.29. The van der Waals surface area contributed by atoms with Crippen LogP contribution >= 0.6 is 0 Å². The maximum Gasteiger partial charge on any atom is 0.258 e. The van der Waals surface area contributed by atoms with E-state index >= 15 is 0 Å². The molecule has 0 saturated carbocycles. The zero-order valence-electron chi connectivity index (χ0n) is 17.9. The molecule has 0 radical (unpaired) electrons. The van der Waals surface area contributed by atoms with Crippen LogP contribution in [0.1, 0.15) is 42.2 Å². The van der Waals surface area contributed by atoms with Crippen molar-refractivity contribution >= 4 is 23.2 Å². The zero-order valence-corrected chi connectivity index (χ0v) is 17.9. The summed E-state index contributed by atoms with van der Waals surface area (Å²) in [6.45, 7) is 3.58. The maximum absolute atomic E-state index is 13.5. The Kier molecular flexibility index (Phi) is 5.71. The minimum atomic E-state index is -0.192. The van der Waals surface area contributed by atoms with Crippen molar-refractivity contribution in [3.05, 3.63) is 84.2 Å². The van der Waals surface area contributed by atoms with Crippen LogP contribution in [-0.2, 0) is 4.79 Å². The first-order valence-corrected chi connectivity index (χ1v) is 10.3. The van der Waals surface area contributed by atoms with Gasteiger partial charge in [-0.25, -0.2) is 0 Å². The third kappa shape index (κ3) is 3.89. The van der Waals surface area contributed by atoms with Crippen LogP contribution in [0.15, 0.2) is 73.1 Å². The molecule has 2 atom stereocenters. The molecule has 0 bridgehead atoms. The van der Waals surface area contributed by atoms with Crippen molar-refractivity contribution < 1.29 is 14.3 Å². The average molecular weight is 415 g/mol. The Morgan fingerprint density at radius 1 is 1.10 bits per heavy atom. The number of hydrogen-bond donors (Lipinski definition) is 0. The topological polar surface area (TPSA) is 62.7 Å². The molecular formula is C25H25N3O3. The normalized spacial score (nSPS) is 17.6. The summed E-state index contributed by atoms with van der Waals surface area (Å²) in [6.07, 6.45) is 4.03. The fourth-order valence-electron chi connectivity index (χ4n) is 4.29. The lowest BCUT2D eigenvalue weighted by Crippen LogP contribution is -2.47. The number of aromatic nitrogens is 1. The van der Waals surface area contributed by atoms with Crippen LogP contribution in [0.3, 0.4) is 0 Å². The van der Waals surface area contributed by atoms with Gasteiger partial charge in [0.2, 0.25) is 5.91 Å². The number of hydrogen-bond acceptors (Lipinski definition) is 4. The summed E-state index contributed by atoms with van der Waals surface area (Å²) in [5.74, 6) is 0.471. The van der Waals surface area contributed by atoms with Gasteiger partial charge in [0.25, 0.3) is 5.91 Å². The fraction of sp³-hybridized carbons (Fsp3) is 0.240. The molecule has 6 heteroatoms. The highest BCUT2D eigenvalue weighted by Gasteiger charge is 2.38. The van der Waals surface area contributed by atoms with Gasteiger partial charge in [0.15, 0.2) is 0 Å². The fourth-order valence-corrected chi connectivity index (χ4v) is 4.29. The molecule has 0 N–H and O–H groups in total. The molecule has 2 unspecified atom stereocenters. The summed E-state index contributed by atoms with van der Waals surface area (Å²) in [6, 6.07) is 18.3. The average Bonchev–Trinajstić information content (AvgIpc) is 2.79. The number of pyridine rings is 1. The number of carbonyl (C=O) groups is 2. The van der Waals surface area contributed by atoms with E-state index < -0.39 is 0 Å². The number of para-hydroxylation sites is 1. The molecule has 1 aromatic heterocycles. The molecule has 2 aromatic carbocycles. The standard InChI is InChI=1S/C25H25N3O3/c1-17-14-23(28(18(2)29)20-9-5-4-6-10-20)22-12-13-26-16-24(22)27(17)25(30)19-8-7-11-21(15-19)31-3/h4-13,15-17,23H,14H2,1-3H3. The Morgan fingerprint density at radius 3 is 2.58 bits per heavy atom. The number of anilines is 2. The molecule has 6 nitrogen and oxygen atoms in total. The number of benzene rings is 2. The lowest BCUT2D eigenvalue weighted by molar-refractivity contribution is -0.117.